The third-order valence-corrected chi connectivity index (χ3v) is 5.96. The van der Waals surface area contributed by atoms with Crippen molar-refractivity contribution in [3.05, 3.63) is 107 Å². The summed E-state index contributed by atoms with van der Waals surface area (Å²) in [7, 11) is 3.64. The summed E-state index contributed by atoms with van der Waals surface area (Å²) in [5, 5.41) is 2.97. The van der Waals surface area contributed by atoms with E-state index in [0.717, 1.165) is 11.1 Å². The molecule has 0 unspecified atom stereocenters. The van der Waals surface area contributed by atoms with E-state index < -0.39 is 12.0 Å². The van der Waals surface area contributed by atoms with Crippen LogP contribution in [0.25, 0.3) is 0 Å². The molecule has 1 N–H and O–H groups in total. The van der Waals surface area contributed by atoms with Crippen LogP contribution in [0.4, 0.5) is 4.79 Å². The first-order valence-electron chi connectivity index (χ1n) is 12.0. The van der Waals surface area contributed by atoms with Crippen LogP contribution in [0, 0.1) is 0 Å². The number of ether oxygens (including phenoxy) is 2. The predicted octanol–water partition coefficient (Wildman–Crippen LogP) is 5.12. The zero-order valence-corrected chi connectivity index (χ0v) is 20.8. The highest BCUT2D eigenvalue weighted by Crippen LogP contribution is 2.33. The fourth-order valence-electron chi connectivity index (χ4n) is 4.24. The first-order valence-corrected chi connectivity index (χ1v) is 12.0. The van der Waals surface area contributed by atoms with Gasteiger partial charge in [0.05, 0.1) is 18.2 Å². The van der Waals surface area contributed by atoms with Gasteiger partial charge in [0, 0.05) is 25.8 Å². The average molecular weight is 486 g/mol. The SMILES string of the molecule is CCOC(=O)C1=C(CN(C)Cc2ccccc2)N(C)C(=O)N[C@@H]1c1cccc(Oc2ccccc2)c1. The van der Waals surface area contributed by atoms with Crippen molar-refractivity contribution in [3.8, 4) is 11.5 Å². The number of carbonyl (C=O) groups is 2. The summed E-state index contributed by atoms with van der Waals surface area (Å²) in [5.41, 5.74) is 2.89. The average Bonchev–Trinajstić information content (AvgIpc) is 2.88. The Morgan fingerprint density at radius 2 is 1.61 bits per heavy atom. The number of carbonyl (C=O) groups excluding carboxylic acids is 2. The van der Waals surface area contributed by atoms with E-state index in [1.54, 1.807) is 14.0 Å². The molecule has 0 spiro atoms. The van der Waals surface area contributed by atoms with Gasteiger partial charge < -0.3 is 14.8 Å². The molecule has 3 aromatic rings. The molecule has 0 saturated heterocycles. The summed E-state index contributed by atoms with van der Waals surface area (Å²) in [6.45, 7) is 3.07. The van der Waals surface area contributed by atoms with E-state index in [0.29, 0.717) is 35.9 Å². The molecule has 36 heavy (non-hydrogen) atoms. The molecule has 186 valence electrons. The third kappa shape index (κ3) is 5.93. The second-order valence-corrected chi connectivity index (χ2v) is 8.67. The monoisotopic (exact) mass is 485 g/mol. The lowest BCUT2D eigenvalue weighted by Gasteiger charge is -2.36. The molecule has 0 fully saturated rings. The normalized spacial score (nSPS) is 15.6. The second-order valence-electron chi connectivity index (χ2n) is 8.67. The van der Waals surface area contributed by atoms with Crippen LogP contribution in [0.5, 0.6) is 11.5 Å². The Kier molecular flexibility index (Phi) is 8.02. The van der Waals surface area contributed by atoms with Gasteiger partial charge >= 0.3 is 12.0 Å². The van der Waals surface area contributed by atoms with Crippen LogP contribution in [0.15, 0.2) is 96.2 Å². The first kappa shape index (κ1) is 25.0. The first-order chi connectivity index (χ1) is 17.5. The number of nitrogens with one attached hydrogen (secondary N) is 1. The fourth-order valence-corrected chi connectivity index (χ4v) is 4.24. The van der Waals surface area contributed by atoms with Crippen molar-refractivity contribution in [1.82, 2.24) is 15.1 Å². The van der Waals surface area contributed by atoms with Crippen molar-refractivity contribution >= 4 is 12.0 Å². The molecule has 1 heterocycles. The lowest BCUT2D eigenvalue weighted by atomic mass is 9.94. The fraction of sp³-hybridized carbons (Fsp3) is 0.241. The highest BCUT2D eigenvalue weighted by atomic mass is 16.5. The van der Waals surface area contributed by atoms with Gasteiger partial charge in [-0.2, -0.15) is 0 Å². The summed E-state index contributed by atoms with van der Waals surface area (Å²) in [4.78, 5) is 29.8. The maximum absolute atomic E-state index is 13.3. The molecule has 0 aromatic heterocycles. The molecular weight excluding hydrogens is 454 g/mol. The van der Waals surface area contributed by atoms with Crippen LogP contribution < -0.4 is 10.1 Å². The molecule has 7 nitrogen and oxygen atoms in total. The van der Waals surface area contributed by atoms with Gasteiger partial charge in [-0.05, 0) is 49.4 Å². The number of urea groups is 1. The number of para-hydroxylation sites is 1. The van der Waals surface area contributed by atoms with Crippen LogP contribution in [0.2, 0.25) is 0 Å². The van der Waals surface area contributed by atoms with E-state index in [1.807, 2.05) is 79.8 Å². The van der Waals surface area contributed by atoms with Crippen molar-refractivity contribution in [2.24, 2.45) is 0 Å². The van der Waals surface area contributed by atoms with E-state index >= 15 is 0 Å². The van der Waals surface area contributed by atoms with Gasteiger partial charge in [0.15, 0.2) is 0 Å². The summed E-state index contributed by atoms with van der Waals surface area (Å²) < 4.78 is 11.4. The van der Waals surface area contributed by atoms with Crippen molar-refractivity contribution < 1.29 is 19.1 Å². The van der Waals surface area contributed by atoms with Crippen molar-refractivity contribution in [2.75, 3.05) is 27.2 Å². The quantitative estimate of drug-likeness (QED) is 0.426. The van der Waals surface area contributed by atoms with E-state index in [2.05, 4.69) is 22.3 Å². The molecule has 0 saturated carbocycles. The summed E-state index contributed by atoms with van der Waals surface area (Å²) in [5.74, 6) is 0.858. The molecule has 4 rings (SSSR count). The van der Waals surface area contributed by atoms with Crippen LogP contribution >= 0.6 is 0 Å². The van der Waals surface area contributed by atoms with E-state index in [9.17, 15) is 9.59 Å². The standard InChI is InChI=1S/C29H31N3O4/c1-4-35-28(33)26-25(20-31(2)19-21-12-7-5-8-13-21)32(3)29(34)30-27(26)22-14-11-17-24(18-22)36-23-15-9-6-10-16-23/h5-18,27H,4,19-20H2,1-3H3,(H,30,34)/t27-/m1/s1. The number of rotatable bonds is 9. The molecule has 1 aliphatic rings. The van der Waals surface area contributed by atoms with Crippen molar-refractivity contribution in [1.29, 1.82) is 0 Å². The van der Waals surface area contributed by atoms with Gasteiger partial charge in [0.1, 0.15) is 11.5 Å². The lowest BCUT2D eigenvalue weighted by molar-refractivity contribution is -0.139. The third-order valence-electron chi connectivity index (χ3n) is 5.96. The Morgan fingerprint density at radius 3 is 2.31 bits per heavy atom. The van der Waals surface area contributed by atoms with Crippen LogP contribution in [-0.4, -0.2) is 49.0 Å². The van der Waals surface area contributed by atoms with Gasteiger partial charge in [-0.25, -0.2) is 9.59 Å². The van der Waals surface area contributed by atoms with Gasteiger partial charge in [0.25, 0.3) is 0 Å². The number of hydrogen-bond acceptors (Lipinski definition) is 5. The lowest BCUT2D eigenvalue weighted by Crippen LogP contribution is -2.49. The molecule has 0 bridgehead atoms. The molecular formula is C29H31N3O4. The smallest absolute Gasteiger partial charge is 0.338 e. The largest absolute Gasteiger partial charge is 0.463 e. The maximum atomic E-state index is 13.3. The van der Waals surface area contributed by atoms with Crippen molar-refractivity contribution in [3.63, 3.8) is 0 Å². The summed E-state index contributed by atoms with van der Waals surface area (Å²) in [6.07, 6.45) is 0. The van der Waals surface area contributed by atoms with Gasteiger partial charge in [-0.3, -0.25) is 9.80 Å². The number of hydrogen-bond donors (Lipinski definition) is 1. The van der Waals surface area contributed by atoms with Crippen LogP contribution in [0.1, 0.15) is 24.1 Å². The molecule has 1 aliphatic heterocycles. The highest BCUT2D eigenvalue weighted by Gasteiger charge is 2.37. The molecule has 7 heteroatoms. The zero-order valence-electron chi connectivity index (χ0n) is 20.8. The molecule has 3 aromatic carbocycles. The molecule has 0 radical (unpaired) electrons. The Balaban J connectivity index is 1.69. The van der Waals surface area contributed by atoms with Gasteiger partial charge in [-0.15, -0.1) is 0 Å². The number of benzene rings is 3. The molecule has 0 aliphatic carbocycles. The van der Waals surface area contributed by atoms with Crippen molar-refractivity contribution in [2.45, 2.75) is 19.5 Å². The molecule has 2 amide bonds. The van der Waals surface area contributed by atoms with E-state index in [4.69, 9.17) is 9.47 Å². The van der Waals surface area contributed by atoms with Crippen LogP contribution in [0.3, 0.4) is 0 Å². The maximum Gasteiger partial charge on any atom is 0.338 e. The highest BCUT2D eigenvalue weighted by molar-refractivity contribution is 5.95. The zero-order chi connectivity index (χ0) is 25.5. The van der Waals surface area contributed by atoms with E-state index in [1.165, 1.54) is 4.90 Å². The predicted molar refractivity (Wildman–Crippen MR) is 138 cm³/mol. The minimum absolute atomic E-state index is 0.233. The second kappa shape index (κ2) is 11.6. The van der Waals surface area contributed by atoms with E-state index in [-0.39, 0.29) is 12.6 Å². The number of likely N-dealkylation sites (N-methyl/N-ethyl adjacent to an activating group) is 2. The Labute approximate surface area is 211 Å². The minimum atomic E-state index is -0.674. The summed E-state index contributed by atoms with van der Waals surface area (Å²) >= 11 is 0. The number of nitrogens with zero attached hydrogens (tertiary/aromatic N) is 2. The number of esters is 1. The topological polar surface area (TPSA) is 71.1 Å². The number of amides is 2. The van der Waals surface area contributed by atoms with Gasteiger partial charge in [-0.1, -0.05) is 60.7 Å². The summed E-state index contributed by atoms with van der Waals surface area (Å²) in [6, 6.07) is 26.0. The van der Waals surface area contributed by atoms with Crippen LogP contribution in [-0.2, 0) is 16.1 Å². The molecule has 1 atom stereocenters. The Morgan fingerprint density at radius 1 is 0.944 bits per heavy atom. The Hall–Kier alpha value is -4.10. The minimum Gasteiger partial charge on any atom is -0.463 e. The Bertz CT molecular complexity index is 1230. The van der Waals surface area contributed by atoms with Gasteiger partial charge in [0.2, 0.25) is 0 Å².